The number of nitrogens with one attached hydrogen (secondary N) is 1. The van der Waals surface area contributed by atoms with E-state index in [0.717, 1.165) is 10.7 Å². The molecule has 1 aromatic rings. The minimum atomic E-state index is 0.196. The first-order valence-electron chi connectivity index (χ1n) is 4.81. The van der Waals surface area contributed by atoms with Gasteiger partial charge in [0.25, 0.3) is 0 Å². The third kappa shape index (κ3) is 1.35. The summed E-state index contributed by atoms with van der Waals surface area (Å²) in [5.74, 6) is 0.814. The van der Waals surface area contributed by atoms with Crippen molar-refractivity contribution in [3.8, 4) is 0 Å². The van der Waals surface area contributed by atoms with Crippen LogP contribution in [0.1, 0.15) is 32.4 Å². The smallest absolute Gasteiger partial charge is 0.177 e. The molecule has 1 aromatic heterocycles. The van der Waals surface area contributed by atoms with Gasteiger partial charge in [-0.15, -0.1) is 0 Å². The average molecular weight is 196 g/mol. The van der Waals surface area contributed by atoms with Gasteiger partial charge < -0.3 is 9.55 Å². The highest BCUT2D eigenvalue weighted by Gasteiger charge is 2.39. The number of rotatable bonds is 2. The van der Waals surface area contributed by atoms with Crippen molar-refractivity contribution in [2.75, 3.05) is 0 Å². The summed E-state index contributed by atoms with van der Waals surface area (Å²) < 4.78 is 3.11. The largest absolute Gasteiger partial charge is 0.337 e. The van der Waals surface area contributed by atoms with Crippen molar-refractivity contribution < 1.29 is 0 Å². The molecule has 3 heteroatoms. The second kappa shape index (κ2) is 2.71. The van der Waals surface area contributed by atoms with Gasteiger partial charge in [-0.05, 0) is 51.7 Å². The highest BCUT2D eigenvalue weighted by atomic mass is 32.1. The lowest BCUT2D eigenvalue weighted by Gasteiger charge is -2.28. The van der Waals surface area contributed by atoms with Crippen LogP contribution >= 0.6 is 12.2 Å². The van der Waals surface area contributed by atoms with E-state index in [-0.39, 0.29) is 5.54 Å². The van der Waals surface area contributed by atoms with Gasteiger partial charge in [-0.1, -0.05) is 0 Å². The van der Waals surface area contributed by atoms with Crippen molar-refractivity contribution in [2.24, 2.45) is 5.92 Å². The molecule has 0 spiro atoms. The van der Waals surface area contributed by atoms with Crippen molar-refractivity contribution in [3.63, 3.8) is 0 Å². The van der Waals surface area contributed by atoms with Gasteiger partial charge in [0.1, 0.15) is 0 Å². The van der Waals surface area contributed by atoms with E-state index in [2.05, 4.69) is 30.3 Å². The van der Waals surface area contributed by atoms with Crippen LogP contribution in [0.15, 0.2) is 6.20 Å². The van der Waals surface area contributed by atoms with Gasteiger partial charge in [0, 0.05) is 17.4 Å². The number of hydrogen-bond acceptors (Lipinski definition) is 1. The van der Waals surface area contributed by atoms with E-state index in [0.29, 0.717) is 0 Å². The number of imidazole rings is 1. The van der Waals surface area contributed by atoms with Gasteiger partial charge >= 0.3 is 0 Å². The van der Waals surface area contributed by atoms with E-state index in [1.807, 2.05) is 6.20 Å². The Kier molecular flexibility index (Phi) is 1.88. The normalized spacial score (nSPS) is 17.8. The van der Waals surface area contributed by atoms with Crippen LogP contribution in [0, 0.1) is 17.6 Å². The van der Waals surface area contributed by atoms with E-state index in [1.54, 1.807) is 0 Å². The molecule has 1 aliphatic rings. The maximum Gasteiger partial charge on any atom is 0.177 e. The molecular weight excluding hydrogens is 180 g/mol. The van der Waals surface area contributed by atoms with Crippen molar-refractivity contribution in [2.45, 2.75) is 39.2 Å². The fourth-order valence-corrected chi connectivity index (χ4v) is 2.58. The summed E-state index contributed by atoms with van der Waals surface area (Å²) in [7, 11) is 0. The second-order valence-corrected chi connectivity index (χ2v) is 4.89. The molecular formula is C10H16N2S. The molecule has 13 heavy (non-hydrogen) atoms. The number of aryl methyl sites for hydroxylation is 1. The monoisotopic (exact) mass is 196 g/mol. The standard InChI is InChI=1S/C10H16N2S/c1-7-6-11-9(13)12(7)10(2,3)8-4-5-8/h6,8H,4-5H2,1-3H3,(H,11,13). The molecule has 0 radical (unpaired) electrons. The van der Waals surface area contributed by atoms with Gasteiger partial charge in [0.2, 0.25) is 0 Å². The number of nitrogens with zero attached hydrogens (tertiary/aromatic N) is 1. The van der Waals surface area contributed by atoms with Crippen LogP contribution in [-0.2, 0) is 5.54 Å². The Morgan fingerprint density at radius 3 is 2.54 bits per heavy atom. The fourth-order valence-electron chi connectivity index (χ4n) is 2.14. The summed E-state index contributed by atoms with van der Waals surface area (Å²) in [6.45, 7) is 6.67. The maximum absolute atomic E-state index is 5.28. The van der Waals surface area contributed by atoms with Crippen molar-refractivity contribution in [3.05, 3.63) is 16.7 Å². The number of H-pyrrole nitrogens is 1. The molecule has 72 valence electrons. The Morgan fingerprint density at radius 1 is 1.54 bits per heavy atom. The fraction of sp³-hybridized carbons (Fsp3) is 0.700. The zero-order valence-corrected chi connectivity index (χ0v) is 9.24. The number of aromatic amines is 1. The summed E-state index contributed by atoms with van der Waals surface area (Å²) in [6, 6.07) is 0. The van der Waals surface area contributed by atoms with Crippen LogP contribution in [-0.4, -0.2) is 9.55 Å². The first-order valence-corrected chi connectivity index (χ1v) is 5.22. The summed E-state index contributed by atoms with van der Waals surface area (Å²) >= 11 is 5.28. The SMILES string of the molecule is Cc1c[nH]c(=S)n1C(C)(C)C1CC1. The van der Waals surface area contributed by atoms with E-state index >= 15 is 0 Å². The molecule has 0 bridgehead atoms. The number of hydrogen-bond donors (Lipinski definition) is 1. The Balaban J connectivity index is 2.49. The quantitative estimate of drug-likeness (QED) is 0.721. The third-order valence-electron chi connectivity index (χ3n) is 3.11. The lowest BCUT2D eigenvalue weighted by molar-refractivity contribution is 0.296. The molecule has 0 aliphatic heterocycles. The summed E-state index contributed by atoms with van der Waals surface area (Å²) in [5, 5.41) is 0. The Bertz CT molecular complexity index is 369. The molecule has 1 aliphatic carbocycles. The highest BCUT2D eigenvalue weighted by Crippen LogP contribution is 2.44. The van der Waals surface area contributed by atoms with Crippen LogP contribution in [0.4, 0.5) is 0 Å². The average Bonchev–Trinajstić information content (AvgIpc) is 2.79. The Labute approximate surface area is 84.0 Å². The highest BCUT2D eigenvalue weighted by molar-refractivity contribution is 7.71. The summed E-state index contributed by atoms with van der Waals surface area (Å²) in [5.41, 5.74) is 1.43. The predicted octanol–water partition coefficient (Wildman–Crippen LogP) is 3.00. The molecule has 1 heterocycles. The van der Waals surface area contributed by atoms with Gasteiger partial charge in [-0.25, -0.2) is 0 Å². The van der Waals surface area contributed by atoms with E-state index < -0.39 is 0 Å². The van der Waals surface area contributed by atoms with Gasteiger partial charge in [0.15, 0.2) is 4.77 Å². The molecule has 2 rings (SSSR count). The van der Waals surface area contributed by atoms with Gasteiger partial charge in [-0.3, -0.25) is 0 Å². The predicted molar refractivity (Wildman–Crippen MR) is 56.4 cm³/mol. The molecule has 1 fully saturated rings. The van der Waals surface area contributed by atoms with Crippen molar-refractivity contribution in [1.82, 2.24) is 9.55 Å². The first-order chi connectivity index (χ1) is 6.03. The minimum absolute atomic E-state index is 0.196. The molecule has 2 nitrogen and oxygen atoms in total. The van der Waals surface area contributed by atoms with Crippen LogP contribution in [0.25, 0.3) is 0 Å². The number of aromatic nitrogens is 2. The molecule has 1 N–H and O–H groups in total. The second-order valence-electron chi connectivity index (χ2n) is 4.50. The third-order valence-corrected chi connectivity index (χ3v) is 3.41. The molecule has 0 atom stereocenters. The zero-order chi connectivity index (χ0) is 9.64. The lowest BCUT2D eigenvalue weighted by atomic mass is 9.98. The van der Waals surface area contributed by atoms with E-state index in [9.17, 15) is 0 Å². The molecule has 1 saturated carbocycles. The zero-order valence-electron chi connectivity index (χ0n) is 8.42. The minimum Gasteiger partial charge on any atom is -0.337 e. The van der Waals surface area contributed by atoms with Crippen molar-refractivity contribution >= 4 is 12.2 Å². The van der Waals surface area contributed by atoms with Crippen LogP contribution in [0.5, 0.6) is 0 Å². The van der Waals surface area contributed by atoms with Gasteiger partial charge in [0.05, 0.1) is 0 Å². The van der Waals surface area contributed by atoms with E-state index in [4.69, 9.17) is 12.2 Å². The van der Waals surface area contributed by atoms with Crippen LogP contribution in [0.2, 0.25) is 0 Å². The first kappa shape index (κ1) is 9.00. The van der Waals surface area contributed by atoms with E-state index in [1.165, 1.54) is 18.5 Å². The molecule has 0 aromatic carbocycles. The molecule has 0 amide bonds. The summed E-state index contributed by atoms with van der Waals surface area (Å²) in [4.78, 5) is 3.10. The van der Waals surface area contributed by atoms with Crippen LogP contribution in [0.3, 0.4) is 0 Å². The molecule has 0 unspecified atom stereocenters. The Morgan fingerprint density at radius 2 is 2.15 bits per heavy atom. The van der Waals surface area contributed by atoms with Crippen molar-refractivity contribution in [1.29, 1.82) is 0 Å². The maximum atomic E-state index is 5.28. The lowest BCUT2D eigenvalue weighted by Crippen LogP contribution is -2.29. The Hall–Kier alpha value is -0.570. The summed E-state index contributed by atoms with van der Waals surface area (Å²) in [6.07, 6.45) is 4.69. The molecule has 0 saturated heterocycles. The van der Waals surface area contributed by atoms with Gasteiger partial charge in [-0.2, -0.15) is 0 Å². The van der Waals surface area contributed by atoms with Crippen LogP contribution < -0.4 is 0 Å². The topological polar surface area (TPSA) is 20.7 Å².